The minimum Gasteiger partial charge on any atom is -0.373 e. The van der Waals surface area contributed by atoms with Gasteiger partial charge in [0, 0.05) is 37.3 Å². The first-order chi connectivity index (χ1) is 17.1. The fourth-order valence-corrected chi connectivity index (χ4v) is 5.75. The van der Waals surface area contributed by atoms with Crippen molar-refractivity contribution in [2.45, 2.75) is 44.1 Å². The summed E-state index contributed by atoms with van der Waals surface area (Å²) in [6, 6.07) is 12.6. The number of pyridine rings is 1. The van der Waals surface area contributed by atoms with E-state index in [0.29, 0.717) is 17.4 Å². The number of ether oxygens (including phenoxy) is 1. The van der Waals surface area contributed by atoms with Gasteiger partial charge in [0.2, 0.25) is 0 Å². The van der Waals surface area contributed by atoms with Crippen molar-refractivity contribution in [3.8, 4) is 0 Å². The minimum atomic E-state index is -0.223. The lowest BCUT2D eigenvalue weighted by atomic mass is 9.76. The van der Waals surface area contributed by atoms with E-state index in [1.165, 1.54) is 11.6 Å². The first-order valence-electron chi connectivity index (χ1n) is 12.5. The maximum absolute atomic E-state index is 13.9. The summed E-state index contributed by atoms with van der Waals surface area (Å²) in [5, 5.41) is 0.917. The highest BCUT2D eigenvalue weighted by molar-refractivity contribution is 5.97. The molecule has 1 aliphatic heterocycles. The standard InChI is InChI=1S/C28H29FN4O2/c1-35-26(27-31-24-9-7-19(15-25(24)32-27)28(34)33-13-2-14-33)18-5-3-17(4-6-18)21-11-12-30-23-10-8-20(29)16-22(21)23/h7-12,15-18,26H,2-6,13-14H2,1H3,(H,31,32)/t17?,18?,26-/m1/s1. The summed E-state index contributed by atoms with van der Waals surface area (Å²) in [4.78, 5) is 27.1. The molecular formula is C28H29FN4O2. The third kappa shape index (κ3) is 4.08. The first kappa shape index (κ1) is 22.2. The second-order valence-corrected chi connectivity index (χ2v) is 9.83. The monoisotopic (exact) mass is 472 g/mol. The lowest BCUT2D eigenvalue weighted by Crippen LogP contribution is -2.41. The van der Waals surface area contributed by atoms with Crippen LogP contribution in [0, 0.1) is 11.7 Å². The summed E-state index contributed by atoms with van der Waals surface area (Å²) in [6.45, 7) is 1.67. The molecule has 2 aromatic carbocycles. The van der Waals surface area contributed by atoms with Crippen molar-refractivity contribution < 1.29 is 13.9 Å². The van der Waals surface area contributed by atoms with Crippen molar-refractivity contribution in [3.63, 3.8) is 0 Å². The third-order valence-corrected chi connectivity index (χ3v) is 7.79. The molecule has 6 nitrogen and oxygen atoms in total. The van der Waals surface area contributed by atoms with Gasteiger partial charge in [0.25, 0.3) is 5.91 Å². The molecule has 0 unspecified atom stereocenters. The SMILES string of the molecule is CO[C@@H](c1nc2cc(C(=O)N3CCC3)ccc2[nH]1)C1CCC(c2ccnc3ccc(F)cc23)CC1. The number of benzene rings is 2. The summed E-state index contributed by atoms with van der Waals surface area (Å²) in [5.74, 6) is 1.38. The van der Waals surface area contributed by atoms with Gasteiger partial charge in [-0.25, -0.2) is 9.37 Å². The van der Waals surface area contributed by atoms with Gasteiger partial charge >= 0.3 is 0 Å². The van der Waals surface area contributed by atoms with Crippen molar-refractivity contribution in [2.75, 3.05) is 20.2 Å². The molecule has 1 atom stereocenters. The second-order valence-electron chi connectivity index (χ2n) is 9.83. The fourth-order valence-electron chi connectivity index (χ4n) is 5.75. The Morgan fingerprint density at radius 3 is 2.66 bits per heavy atom. The van der Waals surface area contributed by atoms with Gasteiger partial charge in [0.1, 0.15) is 17.7 Å². The Balaban J connectivity index is 1.19. The van der Waals surface area contributed by atoms with E-state index in [4.69, 9.17) is 9.72 Å². The zero-order chi connectivity index (χ0) is 23.9. The molecule has 180 valence electrons. The van der Waals surface area contributed by atoms with Crippen molar-refractivity contribution in [2.24, 2.45) is 5.92 Å². The van der Waals surface area contributed by atoms with Gasteiger partial charge in [0.05, 0.1) is 16.6 Å². The number of hydrogen-bond donors (Lipinski definition) is 1. The fraction of sp³-hybridized carbons (Fsp3) is 0.393. The second kappa shape index (κ2) is 9.04. The predicted molar refractivity (Wildman–Crippen MR) is 133 cm³/mol. The highest BCUT2D eigenvalue weighted by atomic mass is 19.1. The number of nitrogens with one attached hydrogen (secondary N) is 1. The van der Waals surface area contributed by atoms with Gasteiger partial charge in [-0.05, 0) is 92.0 Å². The van der Waals surface area contributed by atoms with E-state index >= 15 is 0 Å². The number of halogens is 1. The normalized spacial score (nSPS) is 21.3. The van der Waals surface area contributed by atoms with Gasteiger partial charge < -0.3 is 14.6 Å². The Hall–Kier alpha value is -3.32. The first-order valence-corrected chi connectivity index (χ1v) is 12.5. The van der Waals surface area contributed by atoms with Crippen molar-refractivity contribution >= 4 is 27.8 Å². The summed E-state index contributed by atoms with van der Waals surface area (Å²) in [6.07, 6.45) is 6.78. The predicted octanol–water partition coefficient (Wildman–Crippen LogP) is 5.76. The number of fused-ring (bicyclic) bond motifs is 2. The molecule has 1 saturated carbocycles. The number of H-pyrrole nitrogens is 1. The molecule has 3 heterocycles. The van der Waals surface area contributed by atoms with Crippen LogP contribution in [0.4, 0.5) is 4.39 Å². The highest BCUT2D eigenvalue weighted by Crippen LogP contribution is 2.43. The van der Waals surface area contributed by atoms with Gasteiger partial charge in [-0.1, -0.05) is 0 Å². The molecule has 6 rings (SSSR count). The lowest BCUT2D eigenvalue weighted by Gasteiger charge is -2.33. The minimum absolute atomic E-state index is 0.0767. The summed E-state index contributed by atoms with van der Waals surface area (Å²) in [5.41, 5.74) is 4.43. The Morgan fingerprint density at radius 2 is 1.91 bits per heavy atom. The number of aromatic amines is 1. The maximum atomic E-state index is 13.9. The molecule has 1 N–H and O–H groups in total. The van der Waals surface area contributed by atoms with Gasteiger partial charge in [-0.3, -0.25) is 9.78 Å². The van der Waals surface area contributed by atoms with Gasteiger partial charge in [0.15, 0.2) is 0 Å². The van der Waals surface area contributed by atoms with Crippen LogP contribution in [0.3, 0.4) is 0 Å². The van der Waals surface area contributed by atoms with E-state index < -0.39 is 0 Å². The summed E-state index contributed by atoms with van der Waals surface area (Å²) < 4.78 is 19.9. The number of carbonyl (C=O) groups is 1. The highest BCUT2D eigenvalue weighted by Gasteiger charge is 2.32. The lowest BCUT2D eigenvalue weighted by molar-refractivity contribution is 0.0274. The van der Waals surface area contributed by atoms with E-state index in [0.717, 1.165) is 73.0 Å². The van der Waals surface area contributed by atoms with Crippen LogP contribution in [0.25, 0.3) is 21.9 Å². The molecule has 7 heteroatoms. The largest absolute Gasteiger partial charge is 0.373 e. The number of aromatic nitrogens is 3. The number of imidazole rings is 1. The zero-order valence-electron chi connectivity index (χ0n) is 19.8. The van der Waals surface area contributed by atoms with Crippen LogP contribution in [0.1, 0.15) is 65.9 Å². The van der Waals surface area contributed by atoms with Gasteiger partial charge in [-0.2, -0.15) is 0 Å². The molecule has 4 aromatic rings. The van der Waals surface area contributed by atoms with E-state index in [9.17, 15) is 9.18 Å². The van der Waals surface area contributed by atoms with Crippen LogP contribution in [-0.4, -0.2) is 46.0 Å². The summed E-state index contributed by atoms with van der Waals surface area (Å²) >= 11 is 0. The Bertz CT molecular complexity index is 1390. The van der Waals surface area contributed by atoms with Crippen molar-refractivity contribution in [3.05, 3.63) is 71.4 Å². The number of nitrogens with zero attached hydrogens (tertiary/aromatic N) is 3. The number of amides is 1. The molecule has 1 saturated heterocycles. The average Bonchev–Trinajstić information content (AvgIpc) is 3.26. The molecule has 0 bridgehead atoms. The molecule has 0 radical (unpaired) electrons. The number of rotatable bonds is 5. The molecule has 2 aromatic heterocycles. The molecule has 2 fully saturated rings. The van der Waals surface area contributed by atoms with Gasteiger partial charge in [-0.15, -0.1) is 0 Å². The number of hydrogen-bond acceptors (Lipinski definition) is 4. The molecule has 0 spiro atoms. The molecule has 1 amide bonds. The molecule has 2 aliphatic rings. The third-order valence-electron chi connectivity index (χ3n) is 7.79. The van der Waals surface area contributed by atoms with Crippen LogP contribution < -0.4 is 0 Å². The topological polar surface area (TPSA) is 71.1 Å². The van der Waals surface area contributed by atoms with E-state index in [-0.39, 0.29) is 17.8 Å². The number of carbonyl (C=O) groups excluding carboxylic acids is 1. The summed E-state index contributed by atoms with van der Waals surface area (Å²) in [7, 11) is 1.74. The van der Waals surface area contributed by atoms with E-state index in [1.807, 2.05) is 35.4 Å². The average molecular weight is 473 g/mol. The Kier molecular flexibility index (Phi) is 5.72. The number of methoxy groups -OCH3 is 1. The number of likely N-dealkylation sites (tertiary alicyclic amines) is 1. The molecule has 1 aliphatic carbocycles. The van der Waals surface area contributed by atoms with Crippen LogP contribution in [0.5, 0.6) is 0 Å². The Morgan fingerprint density at radius 1 is 1.09 bits per heavy atom. The molecule has 35 heavy (non-hydrogen) atoms. The van der Waals surface area contributed by atoms with Crippen LogP contribution in [0.2, 0.25) is 0 Å². The Labute approximate surface area is 203 Å². The van der Waals surface area contributed by atoms with Crippen LogP contribution in [-0.2, 0) is 4.74 Å². The van der Waals surface area contributed by atoms with Crippen LogP contribution in [0.15, 0.2) is 48.7 Å². The van der Waals surface area contributed by atoms with E-state index in [2.05, 4.69) is 9.97 Å². The quantitative estimate of drug-likeness (QED) is 0.401. The van der Waals surface area contributed by atoms with Crippen molar-refractivity contribution in [1.82, 2.24) is 19.9 Å². The zero-order valence-corrected chi connectivity index (χ0v) is 19.8. The smallest absolute Gasteiger partial charge is 0.253 e. The van der Waals surface area contributed by atoms with Crippen molar-refractivity contribution in [1.29, 1.82) is 0 Å². The van der Waals surface area contributed by atoms with E-state index in [1.54, 1.807) is 19.2 Å². The van der Waals surface area contributed by atoms with Crippen LogP contribution >= 0.6 is 0 Å². The maximum Gasteiger partial charge on any atom is 0.253 e. The molecular weight excluding hydrogens is 443 g/mol.